The number of carbonyl (C=O) groups excluding carboxylic acids is 1. The van der Waals surface area contributed by atoms with Crippen molar-refractivity contribution in [2.24, 2.45) is 0 Å². The monoisotopic (exact) mass is 286 g/mol. The maximum atomic E-state index is 12.4. The predicted molar refractivity (Wildman–Crippen MR) is 83.3 cm³/mol. The van der Waals surface area contributed by atoms with Gasteiger partial charge in [-0.05, 0) is 39.1 Å². The molecule has 1 aromatic heterocycles. The van der Waals surface area contributed by atoms with E-state index in [1.54, 1.807) is 6.20 Å². The molecular weight excluding hydrogens is 264 g/mol. The maximum Gasteiger partial charge on any atom is 0.251 e. The van der Waals surface area contributed by atoms with Crippen LogP contribution in [0.1, 0.15) is 36.0 Å². The molecule has 0 aliphatic heterocycles. The van der Waals surface area contributed by atoms with Gasteiger partial charge in [0.2, 0.25) is 0 Å². The third kappa shape index (κ3) is 2.65. The quantitative estimate of drug-likeness (QED) is 0.905. The zero-order chi connectivity index (χ0) is 14.9. The van der Waals surface area contributed by atoms with E-state index >= 15 is 0 Å². The van der Waals surface area contributed by atoms with E-state index in [0.717, 1.165) is 23.7 Å². The van der Waals surface area contributed by atoms with Crippen molar-refractivity contribution in [3.05, 3.63) is 30.0 Å². The number of hydrogen-bond acceptors (Lipinski definition) is 3. The SMILES string of the molecule is CN(C)C1(CNC(=O)c2ccc3cn[nH]c3c2)CCCC1. The van der Waals surface area contributed by atoms with E-state index in [1.807, 2.05) is 18.2 Å². The molecule has 2 N–H and O–H groups in total. The predicted octanol–water partition coefficient (Wildman–Crippen LogP) is 2.17. The van der Waals surface area contributed by atoms with Gasteiger partial charge in [0.1, 0.15) is 0 Å². The molecule has 0 unspecified atom stereocenters. The Kier molecular flexibility index (Phi) is 3.68. The highest BCUT2D eigenvalue weighted by molar-refractivity contribution is 5.97. The van der Waals surface area contributed by atoms with Crippen molar-refractivity contribution >= 4 is 16.8 Å². The van der Waals surface area contributed by atoms with Crippen LogP contribution in [0.3, 0.4) is 0 Å². The molecule has 1 saturated carbocycles. The van der Waals surface area contributed by atoms with E-state index < -0.39 is 0 Å². The first-order valence-corrected chi connectivity index (χ1v) is 7.49. The summed E-state index contributed by atoms with van der Waals surface area (Å²) >= 11 is 0. The molecule has 0 saturated heterocycles. The Morgan fingerprint density at radius 3 is 2.86 bits per heavy atom. The van der Waals surface area contributed by atoms with Crippen LogP contribution in [-0.4, -0.2) is 47.2 Å². The van der Waals surface area contributed by atoms with E-state index in [0.29, 0.717) is 12.1 Å². The van der Waals surface area contributed by atoms with Crippen molar-refractivity contribution in [1.82, 2.24) is 20.4 Å². The number of aromatic nitrogens is 2. The van der Waals surface area contributed by atoms with Crippen LogP contribution < -0.4 is 5.32 Å². The third-order valence-electron chi connectivity index (χ3n) is 4.77. The summed E-state index contributed by atoms with van der Waals surface area (Å²) in [5.41, 5.74) is 1.69. The second-order valence-electron chi connectivity index (χ2n) is 6.18. The van der Waals surface area contributed by atoms with Crippen LogP contribution in [-0.2, 0) is 0 Å². The van der Waals surface area contributed by atoms with Gasteiger partial charge in [-0.3, -0.25) is 9.89 Å². The van der Waals surface area contributed by atoms with E-state index in [2.05, 4.69) is 34.5 Å². The van der Waals surface area contributed by atoms with Crippen molar-refractivity contribution in [2.75, 3.05) is 20.6 Å². The average Bonchev–Trinajstić information content (AvgIpc) is 3.13. The third-order valence-corrected chi connectivity index (χ3v) is 4.77. The van der Waals surface area contributed by atoms with Crippen molar-refractivity contribution in [1.29, 1.82) is 0 Å². The normalized spacial score (nSPS) is 17.5. The van der Waals surface area contributed by atoms with Gasteiger partial charge in [-0.2, -0.15) is 5.10 Å². The van der Waals surface area contributed by atoms with Crippen LogP contribution in [0.2, 0.25) is 0 Å². The molecule has 3 rings (SSSR count). The summed E-state index contributed by atoms with van der Waals surface area (Å²) in [5.74, 6) is -0.0142. The zero-order valence-electron chi connectivity index (χ0n) is 12.6. The van der Waals surface area contributed by atoms with Crippen LogP contribution in [0, 0.1) is 0 Å². The molecule has 5 heteroatoms. The molecule has 1 aromatic carbocycles. The van der Waals surface area contributed by atoms with Gasteiger partial charge < -0.3 is 10.2 Å². The lowest BCUT2D eigenvalue weighted by atomic mass is 9.96. The number of rotatable bonds is 4. The molecule has 2 aromatic rings. The molecule has 1 heterocycles. The molecule has 1 fully saturated rings. The number of benzene rings is 1. The Morgan fingerprint density at radius 2 is 2.14 bits per heavy atom. The van der Waals surface area contributed by atoms with Crippen LogP contribution in [0.5, 0.6) is 0 Å². The lowest BCUT2D eigenvalue weighted by molar-refractivity contribution is 0.0900. The summed E-state index contributed by atoms with van der Waals surface area (Å²) in [7, 11) is 4.21. The molecule has 0 bridgehead atoms. The Hall–Kier alpha value is -1.88. The van der Waals surface area contributed by atoms with Crippen molar-refractivity contribution in [2.45, 2.75) is 31.2 Å². The number of carbonyl (C=O) groups is 1. The van der Waals surface area contributed by atoms with Crippen LogP contribution in [0.25, 0.3) is 10.9 Å². The Morgan fingerprint density at radius 1 is 1.38 bits per heavy atom. The number of fused-ring (bicyclic) bond motifs is 1. The molecule has 0 atom stereocenters. The number of hydrogen-bond donors (Lipinski definition) is 2. The lowest BCUT2D eigenvalue weighted by Crippen LogP contribution is -2.50. The van der Waals surface area contributed by atoms with Crippen LogP contribution in [0.15, 0.2) is 24.4 Å². The minimum atomic E-state index is -0.0142. The lowest BCUT2D eigenvalue weighted by Gasteiger charge is -2.36. The molecule has 0 radical (unpaired) electrons. The molecule has 112 valence electrons. The molecule has 1 amide bonds. The maximum absolute atomic E-state index is 12.4. The number of H-pyrrole nitrogens is 1. The fraction of sp³-hybridized carbons (Fsp3) is 0.500. The van der Waals surface area contributed by atoms with Gasteiger partial charge in [0.05, 0.1) is 11.7 Å². The van der Waals surface area contributed by atoms with Crippen molar-refractivity contribution in [3.63, 3.8) is 0 Å². The molecule has 5 nitrogen and oxygen atoms in total. The van der Waals surface area contributed by atoms with Gasteiger partial charge in [-0.25, -0.2) is 0 Å². The topological polar surface area (TPSA) is 61.0 Å². The summed E-state index contributed by atoms with van der Waals surface area (Å²) in [4.78, 5) is 14.6. The van der Waals surface area contributed by atoms with Crippen LogP contribution >= 0.6 is 0 Å². The van der Waals surface area contributed by atoms with E-state index in [-0.39, 0.29) is 11.4 Å². The average molecular weight is 286 g/mol. The summed E-state index contributed by atoms with van der Waals surface area (Å²) < 4.78 is 0. The van der Waals surface area contributed by atoms with E-state index in [9.17, 15) is 4.79 Å². The van der Waals surface area contributed by atoms with Gasteiger partial charge >= 0.3 is 0 Å². The Labute approximate surface area is 124 Å². The second kappa shape index (κ2) is 5.48. The highest BCUT2D eigenvalue weighted by Crippen LogP contribution is 2.33. The smallest absolute Gasteiger partial charge is 0.251 e. The van der Waals surface area contributed by atoms with Gasteiger partial charge in [-0.1, -0.05) is 18.9 Å². The number of likely N-dealkylation sites (N-methyl/N-ethyl adjacent to an activating group) is 1. The molecule has 0 spiro atoms. The number of nitrogens with one attached hydrogen (secondary N) is 2. The molecule has 1 aliphatic rings. The van der Waals surface area contributed by atoms with Gasteiger partial charge in [-0.15, -0.1) is 0 Å². The largest absolute Gasteiger partial charge is 0.350 e. The minimum Gasteiger partial charge on any atom is -0.350 e. The fourth-order valence-electron chi connectivity index (χ4n) is 3.24. The molecule has 1 aliphatic carbocycles. The van der Waals surface area contributed by atoms with Gasteiger partial charge in [0.25, 0.3) is 5.91 Å². The summed E-state index contributed by atoms with van der Waals surface area (Å²) in [5, 5.41) is 11.0. The Bertz CT molecular complexity index is 641. The zero-order valence-corrected chi connectivity index (χ0v) is 12.6. The number of aromatic amines is 1. The van der Waals surface area contributed by atoms with Crippen molar-refractivity contribution in [3.8, 4) is 0 Å². The summed E-state index contributed by atoms with van der Waals surface area (Å²) in [6, 6.07) is 5.63. The van der Waals surface area contributed by atoms with Crippen molar-refractivity contribution < 1.29 is 4.79 Å². The van der Waals surface area contributed by atoms with Gasteiger partial charge in [0, 0.05) is 23.0 Å². The first kappa shape index (κ1) is 14.1. The number of amides is 1. The second-order valence-corrected chi connectivity index (χ2v) is 6.18. The first-order valence-electron chi connectivity index (χ1n) is 7.49. The highest BCUT2D eigenvalue weighted by atomic mass is 16.1. The minimum absolute atomic E-state index is 0.0142. The van der Waals surface area contributed by atoms with E-state index in [4.69, 9.17) is 0 Å². The summed E-state index contributed by atoms with van der Waals surface area (Å²) in [6.45, 7) is 0.708. The fourth-order valence-corrected chi connectivity index (χ4v) is 3.24. The first-order chi connectivity index (χ1) is 10.1. The molecular formula is C16H22N4O. The standard InChI is InChI=1S/C16H22N4O/c1-20(2)16(7-3-4-8-16)11-17-15(21)12-5-6-13-10-18-19-14(13)9-12/h5-6,9-10H,3-4,7-8,11H2,1-2H3,(H,17,21)(H,18,19). The van der Waals surface area contributed by atoms with Gasteiger partial charge in [0.15, 0.2) is 0 Å². The van der Waals surface area contributed by atoms with E-state index in [1.165, 1.54) is 12.8 Å². The molecule has 21 heavy (non-hydrogen) atoms. The summed E-state index contributed by atoms with van der Waals surface area (Å²) in [6.07, 6.45) is 6.55. The number of nitrogens with zero attached hydrogens (tertiary/aromatic N) is 2. The van der Waals surface area contributed by atoms with Crippen LogP contribution in [0.4, 0.5) is 0 Å². The Balaban J connectivity index is 1.70. The highest BCUT2D eigenvalue weighted by Gasteiger charge is 2.36.